The molecule has 0 aromatic heterocycles. The maximum atomic E-state index is 2.24. The molecule has 0 aliphatic rings. The summed E-state index contributed by atoms with van der Waals surface area (Å²) in [6, 6.07) is 10.6. The molecule has 0 bridgehead atoms. The van der Waals surface area contributed by atoms with E-state index < -0.39 is 0 Å². The Morgan fingerprint density at radius 2 is 1.91 bits per heavy atom. The molecule has 0 N–H and O–H groups in total. The molecule has 0 aliphatic heterocycles. The van der Waals surface area contributed by atoms with Crippen molar-refractivity contribution in [1.29, 1.82) is 0 Å². The van der Waals surface area contributed by atoms with E-state index in [9.17, 15) is 0 Å². The van der Waals surface area contributed by atoms with Gasteiger partial charge in [0.1, 0.15) is 0 Å². The topological polar surface area (TPSA) is 0 Å². The summed E-state index contributed by atoms with van der Waals surface area (Å²) in [5.41, 5.74) is 1.43. The summed E-state index contributed by atoms with van der Waals surface area (Å²) in [6.45, 7) is 4.36. The number of hydrogen-bond donors (Lipinski definition) is 0. The molecule has 0 heteroatoms. The maximum Gasteiger partial charge on any atom is -0.0250 e. The first kappa shape index (κ1) is 8.32. The van der Waals surface area contributed by atoms with Crippen LogP contribution in [0.15, 0.2) is 30.3 Å². The zero-order chi connectivity index (χ0) is 8.10. The molecule has 1 aromatic rings. The van der Waals surface area contributed by atoms with E-state index in [0.717, 1.165) is 6.42 Å². The molecule has 0 saturated carbocycles. The van der Waals surface area contributed by atoms with E-state index >= 15 is 0 Å². The zero-order valence-electron chi connectivity index (χ0n) is 7.25. The predicted molar refractivity (Wildman–Crippen MR) is 49.3 cm³/mol. The lowest BCUT2D eigenvalue weighted by Crippen LogP contribution is -1.97. The molecule has 0 spiro atoms. The molecule has 1 unspecified atom stereocenters. The zero-order valence-corrected chi connectivity index (χ0v) is 7.25. The monoisotopic (exact) mass is 147 g/mol. The Kier molecular flexibility index (Phi) is 3.15. The van der Waals surface area contributed by atoms with Crippen molar-refractivity contribution in [2.75, 3.05) is 0 Å². The van der Waals surface area contributed by atoms with Crippen LogP contribution in [0.3, 0.4) is 0 Å². The molecule has 1 radical (unpaired) electrons. The van der Waals surface area contributed by atoms with Crippen LogP contribution in [0, 0.1) is 12.3 Å². The fraction of sp³-hybridized carbons (Fsp3) is 0.364. The largest absolute Gasteiger partial charge is 0.0622 e. The van der Waals surface area contributed by atoms with E-state index in [1.807, 2.05) is 0 Å². The van der Waals surface area contributed by atoms with Crippen LogP contribution in [0.1, 0.15) is 19.4 Å². The van der Waals surface area contributed by atoms with Crippen LogP contribution in [0.25, 0.3) is 0 Å². The lowest BCUT2D eigenvalue weighted by Gasteiger charge is -2.06. The van der Waals surface area contributed by atoms with Gasteiger partial charge in [-0.1, -0.05) is 44.2 Å². The molecule has 0 saturated heterocycles. The van der Waals surface area contributed by atoms with E-state index in [1.165, 1.54) is 5.56 Å². The molecular weight excluding hydrogens is 132 g/mol. The second-order valence-electron chi connectivity index (χ2n) is 3.00. The Hall–Kier alpha value is -0.780. The highest BCUT2D eigenvalue weighted by Crippen LogP contribution is 2.09. The van der Waals surface area contributed by atoms with Crippen LogP contribution >= 0.6 is 0 Å². The second-order valence-corrected chi connectivity index (χ2v) is 3.00. The average Bonchev–Trinajstić information content (AvgIpc) is 2.06. The molecule has 59 valence electrons. The number of hydrogen-bond acceptors (Lipinski definition) is 0. The Bertz CT molecular complexity index is 188. The van der Waals surface area contributed by atoms with Crippen molar-refractivity contribution >= 4 is 0 Å². The maximum absolute atomic E-state index is 2.24. The molecule has 0 amide bonds. The molecule has 0 heterocycles. The van der Waals surface area contributed by atoms with Gasteiger partial charge < -0.3 is 0 Å². The van der Waals surface area contributed by atoms with Crippen LogP contribution in [0.2, 0.25) is 0 Å². The van der Waals surface area contributed by atoms with Gasteiger partial charge in [-0.2, -0.15) is 0 Å². The van der Waals surface area contributed by atoms with Crippen molar-refractivity contribution in [3.05, 3.63) is 42.3 Å². The van der Waals surface area contributed by atoms with Gasteiger partial charge in [0.15, 0.2) is 0 Å². The third-order valence-corrected chi connectivity index (χ3v) is 1.97. The lowest BCUT2D eigenvalue weighted by molar-refractivity contribution is 0.671. The Balaban J connectivity index is 2.51. The second kappa shape index (κ2) is 4.17. The first-order chi connectivity index (χ1) is 5.33. The minimum atomic E-state index is 0.692. The van der Waals surface area contributed by atoms with Gasteiger partial charge in [-0.05, 0) is 24.3 Å². The highest BCUT2D eigenvalue weighted by Gasteiger charge is 1.98. The van der Waals surface area contributed by atoms with Gasteiger partial charge in [0, 0.05) is 0 Å². The minimum absolute atomic E-state index is 0.692. The van der Waals surface area contributed by atoms with Gasteiger partial charge in [-0.3, -0.25) is 0 Å². The lowest BCUT2D eigenvalue weighted by atomic mass is 9.99. The van der Waals surface area contributed by atoms with Crippen molar-refractivity contribution in [1.82, 2.24) is 0 Å². The summed E-state index contributed by atoms with van der Waals surface area (Å²) in [4.78, 5) is 0. The summed E-state index contributed by atoms with van der Waals surface area (Å²) < 4.78 is 0. The summed E-state index contributed by atoms with van der Waals surface area (Å²) in [5, 5.41) is 0. The number of benzene rings is 1. The molecule has 1 atom stereocenters. The van der Waals surface area contributed by atoms with E-state index in [4.69, 9.17) is 0 Å². The summed E-state index contributed by atoms with van der Waals surface area (Å²) in [7, 11) is 0. The molecular formula is C11H15. The smallest absolute Gasteiger partial charge is 0.0250 e. The van der Waals surface area contributed by atoms with Crippen molar-refractivity contribution in [2.45, 2.75) is 20.3 Å². The highest BCUT2D eigenvalue weighted by molar-refractivity contribution is 5.15. The van der Waals surface area contributed by atoms with Gasteiger partial charge in [-0.15, -0.1) is 0 Å². The Labute approximate surface area is 69.3 Å². The predicted octanol–water partition coefficient (Wildman–Crippen LogP) is 3.09. The molecule has 0 aliphatic carbocycles. The Morgan fingerprint density at radius 3 is 2.45 bits per heavy atom. The van der Waals surface area contributed by atoms with Crippen molar-refractivity contribution < 1.29 is 0 Å². The summed E-state index contributed by atoms with van der Waals surface area (Å²) in [6.07, 6.45) is 3.41. The van der Waals surface area contributed by atoms with Crippen LogP contribution in [-0.4, -0.2) is 0 Å². The quantitative estimate of drug-likeness (QED) is 0.616. The minimum Gasteiger partial charge on any atom is -0.0622 e. The van der Waals surface area contributed by atoms with Gasteiger partial charge in [-0.25, -0.2) is 0 Å². The number of rotatable bonds is 3. The van der Waals surface area contributed by atoms with Gasteiger partial charge in [0.05, 0.1) is 0 Å². The van der Waals surface area contributed by atoms with E-state index in [1.54, 1.807) is 0 Å². The van der Waals surface area contributed by atoms with Crippen molar-refractivity contribution in [2.24, 2.45) is 5.92 Å². The molecule has 0 fully saturated rings. The fourth-order valence-electron chi connectivity index (χ4n) is 1.10. The average molecular weight is 147 g/mol. The Morgan fingerprint density at radius 1 is 1.27 bits per heavy atom. The third-order valence-electron chi connectivity index (χ3n) is 1.97. The van der Waals surface area contributed by atoms with Crippen LogP contribution < -0.4 is 0 Å². The standard InChI is InChI=1S/C11H15/c1-3-10(2)9-11-7-5-4-6-8-11/h3-8,10H,9H2,1-2H3. The van der Waals surface area contributed by atoms with Crippen LogP contribution in [0.5, 0.6) is 0 Å². The third kappa shape index (κ3) is 2.75. The van der Waals surface area contributed by atoms with Crippen molar-refractivity contribution in [3.63, 3.8) is 0 Å². The molecule has 1 rings (SSSR count). The van der Waals surface area contributed by atoms with E-state index in [2.05, 4.69) is 50.6 Å². The first-order valence-electron chi connectivity index (χ1n) is 4.16. The molecule has 0 nitrogen and oxygen atoms in total. The molecule has 1 aromatic carbocycles. The van der Waals surface area contributed by atoms with Gasteiger partial charge in [0.25, 0.3) is 0 Å². The van der Waals surface area contributed by atoms with Crippen molar-refractivity contribution in [3.8, 4) is 0 Å². The normalized spacial score (nSPS) is 12.9. The van der Waals surface area contributed by atoms with E-state index in [-0.39, 0.29) is 0 Å². The van der Waals surface area contributed by atoms with Gasteiger partial charge >= 0.3 is 0 Å². The SMILES string of the molecule is C[CH]C(C)Cc1ccccc1. The summed E-state index contributed by atoms with van der Waals surface area (Å²) >= 11 is 0. The first-order valence-corrected chi connectivity index (χ1v) is 4.16. The fourth-order valence-corrected chi connectivity index (χ4v) is 1.10. The highest BCUT2D eigenvalue weighted by atomic mass is 14.0. The van der Waals surface area contributed by atoms with Crippen LogP contribution in [-0.2, 0) is 6.42 Å². The molecule has 11 heavy (non-hydrogen) atoms. The van der Waals surface area contributed by atoms with Crippen LogP contribution in [0.4, 0.5) is 0 Å². The van der Waals surface area contributed by atoms with Gasteiger partial charge in [0.2, 0.25) is 0 Å². The van der Waals surface area contributed by atoms with E-state index in [0.29, 0.717) is 5.92 Å². The summed E-state index contributed by atoms with van der Waals surface area (Å²) in [5.74, 6) is 0.692.